The lowest BCUT2D eigenvalue weighted by molar-refractivity contribution is 0.0933. The molecule has 4 aromatic rings. The van der Waals surface area contributed by atoms with Gasteiger partial charge in [0.25, 0.3) is 11.5 Å². The number of fused-ring (bicyclic) bond motifs is 1. The van der Waals surface area contributed by atoms with Gasteiger partial charge in [0.05, 0.1) is 11.7 Å². The zero-order valence-corrected chi connectivity index (χ0v) is 14.7. The van der Waals surface area contributed by atoms with E-state index in [0.717, 1.165) is 11.3 Å². The second-order valence-electron chi connectivity index (χ2n) is 5.74. The molecular weight excluding hydrogens is 350 g/mol. The highest BCUT2D eigenvalue weighted by Crippen LogP contribution is 2.21. The van der Waals surface area contributed by atoms with Crippen LogP contribution >= 0.6 is 11.3 Å². The molecule has 1 N–H and O–H groups in total. The molecule has 0 saturated heterocycles. The van der Waals surface area contributed by atoms with Crippen molar-refractivity contribution in [2.45, 2.75) is 13.0 Å². The van der Waals surface area contributed by atoms with Gasteiger partial charge in [0.1, 0.15) is 5.69 Å². The first-order valence-electron chi connectivity index (χ1n) is 8.00. The minimum atomic E-state index is -0.429. The average molecular weight is 365 g/mol. The van der Waals surface area contributed by atoms with Crippen molar-refractivity contribution in [3.8, 4) is 5.69 Å². The summed E-state index contributed by atoms with van der Waals surface area (Å²) < 4.78 is 3.37. The molecule has 0 aliphatic rings. The molecule has 0 fully saturated rings. The van der Waals surface area contributed by atoms with Gasteiger partial charge in [-0.05, 0) is 24.6 Å². The standard InChI is InChI=1S/C18H15N5O2S/c1-12(13-5-2-3-6-14(13)23-8-4-7-19-23)20-17(25)15-11-16(24)21-18-22(15)9-10-26-18/h2-12H,1H3,(H,20,25)/t12-/m0/s1. The van der Waals surface area contributed by atoms with E-state index < -0.39 is 5.56 Å². The number of rotatable bonds is 4. The van der Waals surface area contributed by atoms with Crippen molar-refractivity contribution in [2.75, 3.05) is 0 Å². The molecule has 8 heteroatoms. The Hall–Kier alpha value is -3.26. The van der Waals surface area contributed by atoms with E-state index in [0.29, 0.717) is 4.96 Å². The van der Waals surface area contributed by atoms with E-state index >= 15 is 0 Å². The van der Waals surface area contributed by atoms with Crippen molar-refractivity contribution in [3.63, 3.8) is 0 Å². The molecule has 1 atom stereocenters. The lowest BCUT2D eigenvalue weighted by Crippen LogP contribution is -2.30. The van der Waals surface area contributed by atoms with Crippen molar-refractivity contribution in [1.29, 1.82) is 0 Å². The third kappa shape index (κ3) is 2.91. The summed E-state index contributed by atoms with van der Waals surface area (Å²) in [7, 11) is 0. The predicted molar refractivity (Wildman–Crippen MR) is 98.8 cm³/mol. The molecule has 3 heterocycles. The summed E-state index contributed by atoms with van der Waals surface area (Å²) in [5.74, 6) is -0.333. The largest absolute Gasteiger partial charge is 0.344 e. The number of benzene rings is 1. The molecule has 3 aromatic heterocycles. The molecule has 0 aliphatic carbocycles. The van der Waals surface area contributed by atoms with Crippen molar-refractivity contribution in [3.05, 3.63) is 82.0 Å². The highest BCUT2D eigenvalue weighted by molar-refractivity contribution is 7.15. The van der Waals surface area contributed by atoms with Gasteiger partial charge in [-0.25, -0.2) is 4.68 Å². The first-order chi connectivity index (χ1) is 12.6. The first-order valence-corrected chi connectivity index (χ1v) is 8.88. The molecule has 4 rings (SSSR count). The van der Waals surface area contributed by atoms with Gasteiger partial charge in [0, 0.05) is 30.0 Å². The number of amides is 1. The summed E-state index contributed by atoms with van der Waals surface area (Å²) in [6.45, 7) is 1.90. The smallest absolute Gasteiger partial charge is 0.274 e. The third-order valence-corrected chi connectivity index (χ3v) is 4.81. The number of thiazole rings is 1. The van der Waals surface area contributed by atoms with Crippen molar-refractivity contribution < 1.29 is 4.79 Å². The highest BCUT2D eigenvalue weighted by Gasteiger charge is 2.18. The van der Waals surface area contributed by atoms with Crippen LogP contribution in [-0.4, -0.2) is 25.1 Å². The number of carbonyl (C=O) groups is 1. The van der Waals surface area contributed by atoms with Crippen LogP contribution in [0.2, 0.25) is 0 Å². The van der Waals surface area contributed by atoms with E-state index in [2.05, 4.69) is 15.4 Å². The van der Waals surface area contributed by atoms with E-state index in [4.69, 9.17) is 0 Å². The Kier molecular flexibility index (Phi) is 4.10. The average Bonchev–Trinajstić information content (AvgIpc) is 3.32. The van der Waals surface area contributed by atoms with Crippen LogP contribution in [0.5, 0.6) is 0 Å². The highest BCUT2D eigenvalue weighted by atomic mass is 32.1. The lowest BCUT2D eigenvalue weighted by Gasteiger charge is -2.18. The van der Waals surface area contributed by atoms with Crippen LogP contribution in [0.25, 0.3) is 10.6 Å². The maximum absolute atomic E-state index is 12.8. The molecule has 0 saturated carbocycles. The zero-order chi connectivity index (χ0) is 18.1. The number of hydrogen-bond donors (Lipinski definition) is 1. The second kappa shape index (κ2) is 6.57. The van der Waals surface area contributed by atoms with Crippen molar-refractivity contribution in [2.24, 2.45) is 0 Å². The number of nitrogens with zero attached hydrogens (tertiary/aromatic N) is 4. The topological polar surface area (TPSA) is 81.3 Å². The first kappa shape index (κ1) is 16.2. The Balaban J connectivity index is 1.67. The minimum absolute atomic E-state index is 0.268. The quantitative estimate of drug-likeness (QED) is 0.602. The van der Waals surface area contributed by atoms with Crippen LogP contribution < -0.4 is 10.9 Å². The summed E-state index contributed by atoms with van der Waals surface area (Å²) in [5, 5.41) is 9.01. The van der Waals surface area contributed by atoms with Crippen molar-refractivity contribution >= 4 is 22.2 Å². The second-order valence-corrected chi connectivity index (χ2v) is 6.61. The molecule has 130 valence electrons. The molecule has 0 aliphatic heterocycles. The zero-order valence-electron chi connectivity index (χ0n) is 13.9. The Morgan fingerprint density at radius 2 is 2.08 bits per heavy atom. The fourth-order valence-electron chi connectivity index (χ4n) is 2.85. The van der Waals surface area contributed by atoms with Gasteiger partial charge in [-0.3, -0.25) is 14.0 Å². The van der Waals surface area contributed by atoms with Gasteiger partial charge < -0.3 is 5.32 Å². The number of nitrogens with one attached hydrogen (secondary N) is 1. The SMILES string of the molecule is C[C@H](NC(=O)c1cc(=O)nc2sccn12)c1ccccc1-n1cccn1. The Bertz CT molecular complexity index is 1130. The number of carbonyl (C=O) groups excluding carboxylic acids is 1. The summed E-state index contributed by atoms with van der Waals surface area (Å²) in [5.41, 5.74) is 1.65. The normalized spacial score (nSPS) is 12.2. The van der Waals surface area contributed by atoms with Gasteiger partial charge in [-0.2, -0.15) is 10.1 Å². The van der Waals surface area contributed by atoms with Crippen LogP contribution in [0.4, 0.5) is 0 Å². The summed E-state index contributed by atoms with van der Waals surface area (Å²) >= 11 is 1.31. The Morgan fingerprint density at radius 3 is 2.88 bits per heavy atom. The Labute approximate surface area is 152 Å². The van der Waals surface area contributed by atoms with Crippen LogP contribution in [-0.2, 0) is 0 Å². The molecule has 7 nitrogen and oxygen atoms in total. The molecule has 26 heavy (non-hydrogen) atoms. The van der Waals surface area contributed by atoms with Crippen LogP contribution in [0.1, 0.15) is 29.0 Å². The fraction of sp³-hybridized carbons (Fsp3) is 0.111. The summed E-state index contributed by atoms with van der Waals surface area (Å²) in [6, 6.07) is 10.5. The third-order valence-electron chi connectivity index (χ3n) is 4.05. The van der Waals surface area contributed by atoms with Crippen molar-refractivity contribution in [1.82, 2.24) is 24.5 Å². The van der Waals surface area contributed by atoms with Gasteiger partial charge in [0.2, 0.25) is 0 Å². The Morgan fingerprint density at radius 1 is 1.23 bits per heavy atom. The molecular formula is C18H15N5O2S. The molecule has 0 spiro atoms. The van der Waals surface area contributed by atoms with E-state index in [1.807, 2.05) is 43.5 Å². The number of para-hydroxylation sites is 1. The van der Waals surface area contributed by atoms with Crippen LogP contribution in [0, 0.1) is 0 Å². The molecule has 0 radical (unpaired) electrons. The van der Waals surface area contributed by atoms with E-state index in [1.54, 1.807) is 26.9 Å². The van der Waals surface area contributed by atoms with Gasteiger partial charge in [-0.15, -0.1) is 11.3 Å². The molecule has 0 bridgehead atoms. The molecule has 0 unspecified atom stereocenters. The fourth-order valence-corrected chi connectivity index (χ4v) is 3.57. The lowest BCUT2D eigenvalue weighted by atomic mass is 10.1. The summed E-state index contributed by atoms with van der Waals surface area (Å²) in [4.78, 5) is 28.9. The van der Waals surface area contributed by atoms with E-state index in [1.165, 1.54) is 17.4 Å². The van der Waals surface area contributed by atoms with E-state index in [-0.39, 0.29) is 17.6 Å². The summed E-state index contributed by atoms with van der Waals surface area (Å²) in [6.07, 6.45) is 5.28. The van der Waals surface area contributed by atoms with E-state index in [9.17, 15) is 9.59 Å². The van der Waals surface area contributed by atoms with Crippen LogP contribution in [0.15, 0.2) is 65.2 Å². The van der Waals surface area contributed by atoms with Gasteiger partial charge in [-0.1, -0.05) is 18.2 Å². The maximum Gasteiger partial charge on any atom is 0.274 e. The number of hydrogen-bond acceptors (Lipinski definition) is 5. The van der Waals surface area contributed by atoms with Gasteiger partial charge >= 0.3 is 0 Å². The predicted octanol–water partition coefficient (Wildman–Crippen LogP) is 2.43. The molecule has 1 aromatic carbocycles. The van der Waals surface area contributed by atoms with Crippen LogP contribution in [0.3, 0.4) is 0 Å². The minimum Gasteiger partial charge on any atom is -0.344 e. The molecule has 1 amide bonds. The van der Waals surface area contributed by atoms with Gasteiger partial charge in [0.15, 0.2) is 4.96 Å². The monoisotopic (exact) mass is 365 g/mol. The maximum atomic E-state index is 12.8. The number of aromatic nitrogens is 4.